The van der Waals surface area contributed by atoms with Crippen molar-refractivity contribution >= 4 is 46.8 Å². The van der Waals surface area contributed by atoms with Gasteiger partial charge in [0.15, 0.2) is 6.61 Å². The van der Waals surface area contributed by atoms with Crippen molar-refractivity contribution in [2.24, 2.45) is 0 Å². The van der Waals surface area contributed by atoms with E-state index in [4.69, 9.17) is 27.9 Å². The number of carbonyl (C=O) groups is 2. The predicted octanol–water partition coefficient (Wildman–Crippen LogP) is 4.81. The zero-order valence-corrected chi connectivity index (χ0v) is 15.3. The molecule has 0 saturated carbocycles. The lowest BCUT2D eigenvalue weighted by atomic mass is 10.1. The van der Waals surface area contributed by atoms with Crippen LogP contribution in [0.25, 0.3) is 6.08 Å². The quantitative estimate of drug-likeness (QED) is 0.600. The topological polar surface area (TPSA) is 55.4 Å². The van der Waals surface area contributed by atoms with Crippen LogP contribution in [0.2, 0.25) is 10.0 Å². The summed E-state index contributed by atoms with van der Waals surface area (Å²) in [5.41, 5.74) is 3.44. The lowest BCUT2D eigenvalue weighted by molar-refractivity contribution is -0.142. The zero-order valence-electron chi connectivity index (χ0n) is 13.8. The van der Waals surface area contributed by atoms with Crippen LogP contribution >= 0.6 is 23.2 Å². The average Bonchev–Trinajstić information content (AvgIpc) is 2.56. The van der Waals surface area contributed by atoms with Gasteiger partial charge in [0.25, 0.3) is 5.91 Å². The fraction of sp³-hybridized carbons (Fsp3) is 0.158. The van der Waals surface area contributed by atoms with E-state index in [0.29, 0.717) is 21.3 Å². The predicted molar refractivity (Wildman–Crippen MR) is 101 cm³/mol. The molecule has 0 aliphatic heterocycles. The van der Waals surface area contributed by atoms with E-state index in [2.05, 4.69) is 5.32 Å². The van der Waals surface area contributed by atoms with E-state index in [-0.39, 0.29) is 6.61 Å². The number of carbonyl (C=O) groups excluding carboxylic acids is 2. The van der Waals surface area contributed by atoms with Gasteiger partial charge in [-0.1, -0.05) is 47.0 Å². The molecule has 25 heavy (non-hydrogen) atoms. The SMILES string of the molecule is Cc1ccc(NC(=O)COC(=O)C=Cc2ccc(Cl)c(Cl)c2)c(C)c1. The molecule has 0 unspecified atom stereocenters. The molecule has 1 N–H and O–H groups in total. The van der Waals surface area contributed by atoms with Crippen molar-refractivity contribution in [2.45, 2.75) is 13.8 Å². The van der Waals surface area contributed by atoms with Gasteiger partial charge >= 0.3 is 5.97 Å². The Morgan fingerprint density at radius 1 is 1.08 bits per heavy atom. The second kappa shape index (κ2) is 8.70. The molecular formula is C19H17Cl2NO3. The molecule has 2 aromatic rings. The Balaban J connectivity index is 1.85. The number of hydrogen-bond donors (Lipinski definition) is 1. The molecule has 0 bridgehead atoms. The number of rotatable bonds is 5. The third-order valence-corrected chi connectivity index (χ3v) is 4.10. The second-order valence-electron chi connectivity index (χ2n) is 5.48. The molecule has 0 aliphatic rings. The van der Waals surface area contributed by atoms with E-state index in [1.807, 2.05) is 32.0 Å². The summed E-state index contributed by atoms with van der Waals surface area (Å²) in [5.74, 6) is -1.02. The summed E-state index contributed by atoms with van der Waals surface area (Å²) in [4.78, 5) is 23.6. The summed E-state index contributed by atoms with van der Waals surface area (Å²) < 4.78 is 4.92. The maximum absolute atomic E-state index is 11.9. The molecule has 0 atom stereocenters. The molecule has 2 rings (SSSR count). The number of aryl methyl sites for hydroxylation is 2. The van der Waals surface area contributed by atoms with E-state index in [0.717, 1.165) is 11.1 Å². The van der Waals surface area contributed by atoms with Crippen molar-refractivity contribution < 1.29 is 14.3 Å². The van der Waals surface area contributed by atoms with Crippen LogP contribution in [0.5, 0.6) is 0 Å². The third-order valence-electron chi connectivity index (χ3n) is 3.36. The Hall–Kier alpha value is -2.30. The van der Waals surface area contributed by atoms with Crippen molar-refractivity contribution in [3.8, 4) is 0 Å². The third kappa shape index (κ3) is 5.93. The fourth-order valence-electron chi connectivity index (χ4n) is 2.11. The van der Waals surface area contributed by atoms with Crippen LogP contribution in [0.3, 0.4) is 0 Å². The summed E-state index contributed by atoms with van der Waals surface area (Å²) in [6.45, 7) is 3.51. The molecule has 0 radical (unpaired) electrons. The number of ether oxygens (including phenoxy) is 1. The first kappa shape index (κ1) is 19.0. The average molecular weight is 378 g/mol. The van der Waals surface area contributed by atoms with Crippen LogP contribution in [0.4, 0.5) is 5.69 Å². The molecule has 1 amide bonds. The van der Waals surface area contributed by atoms with Gasteiger partial charge in [-0.3, -0.25) is 4.79 Å². The van der Waals surface area contributed by atoms with Gasteiger partial charge in [0, 0.05) is 11.8 Å². The molecule has 0 spiro atoms. The lowest BCUT2D eigenvalue weighted by Gasteiger charge is -2.09. The van der Waals surface area contributed by atoms with E-state index in [1.54, 1.807) is 18.2 Å². The summed E-state index contributed by atoms with van der Waals surface area (Å²) in [5, 5.41) is 3.54. The van der Waals surface area contributed by atoms with E-state index in [1.165, 1.54) is 12.2 Å². The molecule has 0 heterocycles. The molecular weight excluding hydrogens is 361 g/mol. The minimum Gasteiger partial charge on any atom is -0.452 e. The van der Waals surface area contributed by atoms with Crippen LogP contribution in [0, 0.1) is 13.8 Å². The van der Waals surface area contributed by atoms with E-state index < -0.39 is 11.9 Å². The minimum atomic E-state index is -0.623. The first-order valence-electron chi connectivity index (χ1n) is 7.52. The molecule has 6 heteroatoms. The van der Waals surface area contributed by atoms with Gasteiger partial charge in [-0.2, -0.15) is 0 Å². The highest BCUT2D eigenvalue weighted by Crippen LogP contribution is 2.23. The summed E-state index contributed by atoms with van der Waals surface area (Å²) in [6, 6.07) is 10.6. The molecule has 0 fully saturated rings. The van der Waals surface area contributed by atoms with Crippen LogP contribution < -0.4 is 5.32 Å². The molecule has 130 valence electrons. The van der Waals surface area contributed by atoms with Crippen molar-refractivity contribution in [3.05, 3.63) is 69.2 Å². The molecule has 0 aliphatic carbocycles. The Kier molecular flexibility index (Phi) is 6.62. The highest BCUT2D eigenvalue weighted by molar-refractivity contribution is 6.42. The van der Waals surface area contributed by atoms with Gasteiger partial charge in [0.05, 0.1) is 10.0 Å². The number of amides is 1. The Morgan fingerprint density at radius 3 is 2.52 bits per heavy atom. The maximum Gasteiger partial charge on any atom is 0.331 e. The largest absolute Gasteiger partial charge is 0.452 e. The van der Waals surface area contributed by atoms with Crippen LogP contribution in [-0.4, -0.2) is 18.5 Å². The van der Waals surface area contributed by atoms with Gasteiger partial charge in [-0.15, -0.1) is 0 Å². The van der Waals surface area contributed by atoms with Crippen molar-refractivity contribution in [3.63, 3.8) is 0 Å². The zero-order chi connectivity index (χ0) is 18.4. The number of halogens is 2. The van der Waals surface area contributed by atoms with Crippen LogP contribution in [0.15, 0.2) is 42.5 Å². The normalized spacial score (nSPS) is 10.7. The molecule has 2 aromatic carbocycles. The van der Waals surface area contributed by atoms with Crippen molar-refractivity contribution in [2.75, 3.05) is 11.9 Å². The van der Waals surface area contributed by atoms with Gasteiger partial charge in [0.1, 0.15) is 0 Å². The van der Waals surface area contributed by atoms with E-state index >= 15 is 0 Å². The monoisotopic (exact) mass is 377 g/mol. The lowest BCUT2D eigenvalue weighted by Crippen LogP contribution is -2.20. The van der Waals surface area contributed by atoms with Gasteiger partial charge < -0.3 is 10.1 Å². The maximum atomic E-state index is 11.9. The van der Waals surface area contributed by atoms with Crippen LogP contribution in [0.1, 0.15) is 16.7 Å². The Labute approximate surface area is 156 Å². The minimum absolute atomic E-state index is 0.363. The first-order valence-corrected chi connectivity index (χ1v) is 8.28. The number of anilines is 1. The first-order chi connectivity index (χ1) is 11.8. The van der Waals surface area contributed by atoms with Crippen LogP contribution in [-0.2, 0) is 14.3 Å². The number of nitrogens with one attached hydrogen (secondary N) is 1. The molecule has 0 aromatic heterocycles. The second-order valence-corrected chi connectivity index (χ2v) is 6.30. The smallest absolute Gasteiger partial charge is 0.331 e. The summed E-state index contributed by atoms with van der Waals surface area (Å²) in [6.07, 6.45) is 2.76. The molecule has 0 saturated heterocycles. The fourth-order valence-corrected chi connectivity index (χ4v) is 2.41. The van der Waals surface area contributed by atoms with E-state index in [9.17, 15) is 9.59 Å². The Bertz CT molecular complexity index is 831. The number of esters is 1. The highest BCUT2D eigenvalue weighted by Gasteiger charge is 2.07. The van der Waals surface area contributed by atoms with Crippen molar-refractivity contribution in [1.29, 1.82) is 0 Å². The Morgan fingerprint density at radius 2 is 1.84 bits per heavy atom. The van der Waals surface area contributed by atoms with Crippen molar-refractivity contribution in [1.82, 2.24) is 0 Å². The van der Waals surface area contributed by atoms with Gasteiger partial charge in [-0.05, 0) is 49.2 Å². The summed E-state index contributed by atoms with van der Waals surface area (Å²) >= 11 is 11.7. The standard InChI is InChI=1S/C19H17Cl2NO3/c1-12-3-7-17(13(2)9-12)22-18(23)11-25-19(24)8-5-14-4-6-15(20)16(21)10-14/h3-10H,11H2,1-2H3,(H,22,23). The highest BCUT2D eigenvalue weighted by atomic mass is 35.5. The number of benzene rings is 2. The molecule has 4 nitrogen and oxygen atoms in total. The van der Waals surface area contributed by atoms with Gasteiger partial charge in [0.2, 0.25) is 0 Å². The van der Waals surface area contributed by atoms with Gasteiger partial charge in [-0.25, -0.2) is 4.79 Å². The number of hydrogen-bond acceptors (Lipinski definition) is 3. The summed E-state index contributed by atoms with van der Waals surface area (Å²) in [7, 11) is 0.